The lowest BCUT2D eigenvalue weighted by Crippen LogP contribution is -2.45. The Bertz CT molecular complexity index is 584. The molecule has 2 fully saturated rings. The van der Waals surface area contributed by atoms with Gasteiger partial charge in [-0.25, -0.2) is 4.39 Å². The van der Waals surface area contributed by atoms with Crippen LogP contribution in [0.25, 0.3) is 0 Å². The van der Waals surface area contributed by atoms with E-state index in [1.54, 1.807) is 6.07 Å². The lowest BCUT2D eigenvalue weighted by Gasteiger charge is -2.35. The monoisotopic (exact) mass is 324 g/mol. The van der Waals surface area contributed by atoms with E-state index in [0.717, 1.165) is 19.2 Å². The number of hydrogen-bond acceptors (Lipinski definition) is 6. The molecule has 2 saturated heterocycles. The van der Waals surface area contributed by atoms with Crippen molar-refractivity contribution in [2.75, 3.05) is 69.3 Å². The maximum absolute atomic E-state index is 14.4. The van der Waals surface area contributed by atoms with Crippen LogP contribution in [0.15, 0.2) is 12.1 Å². The molecule has 0 aromatic heterocycles. The molecule has 23 heavy (non-hydrogen) atoms. The summed E-state index contributed by atoms with van der Waals surface area (Å²) in [6, 6.07) is 2.68. The molecular weight excluding hydrogens is 303 g/mol. The van der Waals surface area contributed by atoms with E-state index < -0.39 is 10.7 Å². The van der Waals surface area contributed by atoms with Crippen molar-refractivity contribution in [1.29, 1.82) is 0 Å². The van der Waals surface area contributed by atoms with Gasteiger partial charge in [0.05, 0.1) is 29.9 Å². The first-order valence-corrected chi connectivity index (χ1v) is 7.80. The smallest absolute Gasteiger partial charge is 0.295 e. The van der Waals surface area contributed by atoms with E-state index in [2.05, 4.69) is 4.90 Å². The molecule has 0 N–H and O–H groups in total. The van der Waals surface area contributed by atoms with Crippen LogP contribution in [0.1, 0.15) is 0 Å². The zero-order valence-corrected chi connectivity index (χ0v) is 13.2. The highest BCUT2D eigenvalue weighted by Gasteiger charge is 2.27. The molecule has 0 radical (unpaired) electrons. The van der Waals surface area contributed by atoms with Crippen LogP contribution in [0.4, 0.5) is 21.5 Å². The van der Waals surface area contributed by atoms with Gasteiger partial charge in [-0.3, -0.25) is 10.1 Å². The Morgan fingerprint density at radius 1 is 1.04 bits per heavy atom. The molecule has 8 heteroatoms. The van der Waals surface area contributed by atoms with E-state index in [-0.39, 0.29) is 5.69 Å². The van der Waals surface area contributed by atoms with Crippen LogP contribution in [0.5, 0.6) is 0 Å². The van der Waals surface area contributed by atoms with Crippen molar-refractivity contribution >= 4 is 17.1 Å². The van der Waals surface area contributed by atoms with Gasteiger partial charge in [-0.15, -0.1) is 0 Å². The number of ether oxygens (including phenoxy) is 1. The van der Waals surface area contributed by atoms with Crippen molar-refractivity contribution in [3.8, 4) is 0 Å². The number of morpholine rings is 1. The van der Waals surface area contributed by atoms with Gasteiger partial charge in [0.15, 0.2) is 5.82 Å². The number of hydrogen-bond donors (Lipinski definition) is 0. The minimum atomic E-state index is -0.529. The normalized spacial score (nSPS) is 19.9. The molecule has 0 aliphatic carbocycles. The SMILES string of the molecule is CN1CCN(c2cc(N3CCOCC3)c([N+](=O)[O-])cc2F)CC1. The summed E-state index contributed by atoms with van der Waals surface area (Å²) in [5.74, 6) is -0.529. The lowest BCUT2D eigenvalue weighted by molar-refractivity contribution is -0.384. The molecule has 0 amide bonds. The number of benzene rings is 1. The van der Waals surface area contributed by atoms with Gasteiger partial charge in [-0.05, 0) is 13.1 Å². The average Bonchev–Trinajstić information content (AvgIpc) is 2.56. The van der Waals surface area contributed by atoms with Crippen LogP contribution in [-0.4, -0.2) is 69.4 Å². The molecule has 0 unspecified atom stereocenters. The minimum Gasteiger partial charge on any atom is -0.378 e. The van der Waals surface area contributed by atoms with Crippen molar-refractivity contribution in [2.45, 2.75) is 0 Å². The Hall–Kier alpha value is -1.93. The summed E-state index contributed by atoms with van der Waals surface area (Å²) < 4.78 is 19.7. The first kappa shape index (κ1) is 15.9. The quantitative estimate of drug-likeness (QED) is 0.617. The molecule has 126 valence electrons. The molecule has 0 atom stereocenters. The van der Waals surface area contributed by atoms with Crippen LogP contribution in [0.3, 0.4) is 0 Å². The van der Waals surface area contributed by atoms with E-state index >= 15 is 0 Å². The lowest BCUT2D eigenvalue weighted by atomic mass is 10.1. The van der Waals surface area contributed by atoms with Crippen LogP contribution < -0.4 is 9.80 Å². The molecule has 0 spiro atoms. The summed E-state index contributed by atoms with van der Waals surface area (Å²) >= 11 is 0. The van der Waals surface area contributed by atoms with E-state index in [0.29, 0.717) is 50.8 Å². The third-order valence-electron chi connectivity index (χ3n) is 4.44. The van der Waals surface area contributed by atoms with E-state index in [1.807, 2.05) is 16.8 Å². The molecule has 2 heterocycles. The highest BCUT2D eigenvalue weighted by molar-refractivity contribution is 5.71. The van der Waals surface area contributed by atoms with Gasteiger partial charge < -0.3 is 19.4 Å². The van der Waals surface area contributed by atoms with Gasteiger partial charge in [0.2, 0.25) is 0 Å². The largest absolute Gasteiger partial charge is 0.378 e. The molecule has 2 aliphatic rings. The number of piperazine rings is 1. The second-order valence-electron chi connectivity index (χ2n) is 5.94. The summed E-state index contributed by atoms with van der Waals surface area (Å²) in [7, 11) is 2.03. The molecular formula is C15H21FN4O3. The number of anilines is 2. The van der Waals surface area contributed by atoms with Crippen molar-refractivity contribution in [1.82, 2.24) is 4.90 Å². The zero-order chi connectivity index (χ0) is 16.4. The maximum atomic E-state index is 14.4. The first-order chi connectivity index (χ1) is 11.1. The fraction of sp³-hybridized carbons (Fsp3) is 0.600. The number of rotatable bonds is 3. The molecule has 7 nitrogen and oxygen atoms in total. The molecule has 0 saturated carbocycles. The third-order valence-corrected chi connectivity index (χ3v) is 4.44. The van der Waals surface area contributed by atoms with Crippen molar-refractivity contribution < 1.29 is 14.1 Å². The molecule has 1 aromatic carbocycles. The van der Waals surface area contributed by atoms with Gasteiger partial charge in [0.1, 0.15) is 5.69 Å². The molecule has 1 aromatic rings. The Kier molecular flexibility index (Phi) is 4.63. The fourth-order valence-corrected chi connectivity index (χ4v) is 3.03. The zero-order valence-electron chi connectivity index (χ0n) is 13.2. The van der Waals surface area contributed by atoms with E-state index in [9.17, 15) is 14.5 Å². The Balaban J connectivity index is 1.95. The van der Waals surface area contributed by atoms with E-state index in [4.69, 9.17) is 4.74 Å². The first-order valence-electron chi connectivity index (χ1n) is 7.80. The Morgan fingerprint density at radius 2 is 1.65 bits per heavy atom. The molecule has 0 bridgehead atoms. The third kappa shape index (κ3) is 3.37. The van der Waals surface area contributed by atoms with Crippen LogP contribution in [-0.2, 0) is 4.74 Å². The van der Waals surface area contributed by atoms with Gasteiger partial charge in [-0.2, -0.15) is 0 Å². The molecule has 3 rings (SSSR count). The van der Waals surface area contributed by atoms with Gasteiger partial charge in [0.25, 0.3) is 5.69 Å². The van der Waals surface area contributed by atoms with Crippen molar-refractivity contribution in [2.24, 2.45) is 0 Å². The van der Waals surface area contributed by atoms with Gasteiger partial charge >= 0.3 is 0 Å². The van der Waals surface area contributed by atoms with Crippen LogP contribution >= 0.6 is 0 Å². The van der Waals surface area contributed by atoms with Crippen LogP contribution in [0.2, 0.25) is 0 Å². The standard InChI is InChI=1S/C15H21FN4O3/c1-17-2-4-18(5-3-17)13-11-14(19-6-8-23-9-7-19)15(20(21)22)10-12(13)16/h10-11H,2-9H2,1H3. The summed E-state index contributed by atoms with van der Waals surface area (Å²) in [5, 5.41) is 11.3. The van der Waals surface area contributed by atoms with Crippen molar-refractivity contribution in [3.05, 3.63) is 28.1 Å². The average molecular weight is 324 g/mol. The summed E-state index contributed by atoms with van der Waals surface area (Å²) in [5.41, 5.74) is 0.751. The highest BCUT2D eigenvalue weighted by atomic mass is 19.1. The topological polar surface area (TPSA) is 62.1 Å². The summed E-state index contributed by atoms with van der Waals surface area (Å²) in [6.45, 7) is 5.34. The van der Waals surface area contributed by atoms with E-state index in [1.165, 1.54) is 0 Å². The predicted molar refractivity (Wildman–Crippen MR) is 85.8 cm³/mol. The number of nitro benzene ring substituents is 1. The Morgan fingerprint density at radius 3 is 2.26 bits per heavy atom. The second kappa shape index (κ2) is 6.67. The fourth-order valence-electron chi connectivity index (χ4n) is 3.03. The van der Waals surface area contributed by atoms with Crippen molar-refractivity contribution in [3.63, 3.8) is 0 Å². The highest BCUT2D eigenvalue weighted by Crippen LogP contribution is 2.35. The number of halogens is 1. The van der Waals surface area contributed by atoms with Gasteiger partial charge in [-0.1, -0.05) is 0 Å². The number of nitrogens with zero attached hydrogens (tertiary/aromatic N) is 4. The maximum Gasteiger partial charge on any atom is 0.295 e. The number of likely N-dealkylation sites (N-methyl/N-ethyl adjacent to an activating group) is 1. The minimum absolute atomic E-state index is 0.178. The van der Waals surface area contributed by atoms with Crippen LogP contribution in [0, 0.1) is 15.9 Å². The predicted octanol–water partition coefficient (Wildman–Crippen LogP) is 1.32. The molecule has 2 aliphatic heterocycles. The second-order valence-corrected chi connectivity index (χ2v) is 5.94. The number of nitro groups is 1. The summed E-state index contributed by atoms with van der Waals surface area (Å²) in [6.07, 6.45) is 0. The Labute approximate surface area is 134 Å². The summed E-state index contributed by atoms with van der Waals surface area (Å²) in [4.78, 5) is 16.8. The van der Waals surface area contributed by atoms with Gasteiger partial charge in [0, 0.05) is 39.3 Å².